The highest BCUT2D eigenvalue weighted by atomic mass is 19.4. The summed E-state index contributed by atoms with van der Waals surface area (Å²) < 4.78 is 42.0. The summed E-state index contributed by atoms with van der Waals surface area (Å²) in [6, 6.07) is 5.07. The highest BCUT2D eigenvalue weighted by Gasteiger charge is 2.36. The Labute approximate surface area is 191 Å². The smallest absolute Gasteiger partial charge is 0.417 e. The van der Waals surface area contributed by atoms with Gasteiger partial charge in [-0.3, -0.25) is 4.79 Å². The minimum Gasteiger partial charge on any atom is -0.481 e. The van der Waals surface area contributed by atoms with E-state index in [-0.39, 0.29) is 12.1 Å². The van der Waals surface area contributed by atoms with Crippen molar-refractivity contribution < 1.29 is 23.1 Å². The molecule has 176 valence electrons. The van der Waals surface area contributed by atoms with E-state index in [1.807, 2.05) is 31.0 Å². The number of hydrogen-bond donors (Lipinski definition) is 1. The molecule has 0 aliphatic heterocycles. The number of carboxylic acids is 1. The number of carbonyl (C=O) groups is 1. The molecule has 9 heteroatoms. The molecule has 2 unspecified atom stereocenters. The van der Waals surface area contributed by atoms with E-state index in [4.69, 9.17) is 5.26 Å². The first kappa shape index (κ1) is 24.4. The molecule has 1 aliphatic rings. The molecule has 0 amide bonds. The Kier molecular flexibility index (Phi) is 6.59. The predicted molar refractivity (Wildman–Crippen MR) is 119 cm³/mol. The molecule has 0 radical (unpaired) electrons. The number of alkyl halides is 3. The summed E-state index contributed by atoms with van der Waals surface area (Å²) in [5.74, 6) is -0.898. The van der Waals surface area contributed by atoms with E-state index in [2.05, 4.69) is 4.98 Å². The van der Waals surface area contributed by atoms with Crippen molar-refractivity contribution in [2.24, 2.45) is 5.41 Å². The van der Waals surface area contributed by atoms with Gasteiger partial charge in [0.25, 0.3) is 0 Å². The molecule has 1 aromatic carbocycles. The third-order valence-corrected chi connectivity index (χ3v) is 6.61. The van der Waals surface area contributed by atoms with Gasteiger partial charge < -0.3 is 14.6 Å². The summed E-state index contributed by atoms with van der Waals surface area (Å²) in [6.07, 6.45) is 2.11. The molecule has 3 rings (SSSR count). The number of benzene rings is 1. The molecule has 6 nitrogen and oxygen atoms in total. The first-order chi connectivity index (χ1) is 15.4. The van der Waals surface area contributed by atoms with Crippen LogP contribution in [-0.2, 0) is 11.0 Å². The van der Waals surface area contributed by atoms with Crippen LogP contribution in [0, 0.1) is 16.7 Å². The van der Waals surface area contributed by atoms with Crippen molar-refractivity contribution in [2.75, 3.05) is 11.4 Å². The van der Waals surface area contributed by atoms with Gasteiger partial charge >= 0.3 is 12.1 Å². The highest BCUT2D eigenvalue weighted by Crippen LogP contribution is 2.38. The van der Waals surface area contributed by atoms with E-state index in [0.717, 1.165) is 17.3 Å². The molecule has 33 heavy (non-hydrogen) atoms. The Morgan fingerprint density at radius 1 is 1.39 bits per heavy atom. The van der Waals surface area contributed by atoms with Crippen molar-refractivity contribution in [1.29, 1.82) is 5.26 Å². The van der Waals surface area contributed by atoms with Gasteiger partial charge in [0.1, 0.15) is 0 Å². The van der Waals surface area contributed by atoms with Crippen molar-refractivity contribution in [3.05, 3.63) is 53.6 Å². The molecule has 0 saturated heterocycles. The highest BCUT2D eigenvalue weighted by molar-refractivity contribution is 5.74. The lowest BCUT2D eigenvalue weighted by Gasteiger charge is -2.31. The van der Waals surface area contributed by atoms with Crippen LogP contribution in [0.4, 0.5) is 18.9 Å². The SMILES string of the molecule is CCN(c1ccc(C#N)c(C(F)(F)F)c1)C1CC=C(c2cn(C(C)C(C)(C)C(=O)O)cn2)C1. The maximum Gasteiger partial charge on any atom is 0.417 e. The van der Waals surface area contributed by atoms with Gasteiger partial charge in [-0.15, -0.1) is 0 Å². The van der Waals surface area contributed by atoms with Gasteiger partial charge in [0.15, 0.2) is 0 Å². The quantitative estimate of drug-likeness (QED) is 0.589. The molecule has 1 aliphatic carbocycles. The number of nitriles is 1. The number of hydrogen-bond acceptors (Lipinski definition) is 4. The fourth-order valence-corrected chi connectivity index (χ4v) is 4.11. The largest absolute Gasteiger partial charge is 0.481 e. The predicted octanol–water partition coefficient (Wildman–Crippen LogP) is 5.52. The monoisotopic (exact) mass is 460 g/mol. The summed E-state index contributed by atoms with van der Waals surface area (Å²) in [4.78, 5) is 17.9. The first-order valence-electron chi connectivity index (χ1n) is 10.7. The second-order valence-corrected chi connectivity index (χ2v) is 8.86. The number of imidazole rings is 1. The van der Waals surface area contributed by atoms with Gasteiger partial charge in [0.05, 0.1) is 34.6 Å². The van der Waals surface area contributed by atoms with Gasteiger partial charge in [-0.05, 0) is 64.3 Å². The summed E-state index contributed by atoms with van der Waals surface area (Å²) in [7, 11) is 0. The maximum absolute atomic E-state index is 13.4. The summed E-state index contributed by atoms with van der Waals surface area (Å²) in [6.45, 7) is 7.54. The minimum absolute atomic E-state index is 0.0444. The van der Waals surface area contributed by atoms with Crippen LogP contribution in [0.15, 0.2) is 36.8 Å². The normalized spacial score (nSPS) is 17.4. The van der Waals surface area contributed by atoms with E-state index in [0.29, 0.717) is 25.1 Å². The molecule has 1 heterocycles. The zero-order chi connectivity index (χ0) is 24.6. The van der Waals surface area contributed by atoms with Crippen molar-refractivity contribution in [3.8, 4) is 6.07 Å². The van der Waals surface area contributed by atoms with Crippen LogP contribution in [0.1, 0.15) is 63.4 Å². The van der Waals surface area contributed by atoms with Crippen molar-refractivity contribution in [2.45, 2.75) is 58.8 Å². The number of aromatic nitrogens is 2. The van der Waals surface area contributed by atoms with E-state index >= 15 is 0 Å². The third kappa shape index (κ3) is 4.75. The van der Waals surface area contributed by atoms with Crippen LogP contribution in [-0.4, -0.2) is 33.2 Å². The standard InChI is InChI=1S/C24H27F3N4O2/c1-5-31(19-9-7-17(12-28)20(11-19)24(25,26)27)18-8-6-16(10-18)21-13-30(14-29-21)15(2)23(3,4)22(32)33/h6-7,9,11,13-15,18H,5,8,10H2,1-4H3,(H,32,33). The molecular formula is C24H27F3N4O2. The average Bonchev–Trinajstić information content (AvgIpc) is 3.43. The maximum atomic E-state index is 13.4. The Morgan fingerprint density at radius 3 is 2.67 bits per heavy atom. The lowest BCUT2D eigenvalue weighted by molar-refractivity contribution is -0.149. The van der Waals surface area contributed by atoms with Crippen LogP contribution in [0.5, 0.6) is 0 Å². The zero-order valence-corrected chi connectivity index (χ0v) is 19.0. The molecule has 2 atom stereocenters. The van der Waals surface area contributed by atoms with Crippen molar-refractivity contribution in [3.63, 3.8) is 0 Å². The third-order valence-electron chi connectivity index (χ3n) is 6.61. The van der Waals surface area contributed by atoms with Gasteiger partial charge in [-0.2, -0.15) is 18.4 Å². The fourth-order valence-electron chi connectivity index (χ4n) is 4.11. The second-order valence-electron chi connectivity index (χ2n) is 8.86. The number of rotatable bonds is 7. The summed E-state index contributed by atoms with van der Waals surface area (Å²) in [5, 5.41) is 18.5. The van der Waals surface area contributed by atoms with Crippen molar-refractivity contribution in [1.82, 2.24) is 9.55 Å². The van der Waals surface area contributed by atoms with Crippen LogP contribution in [0.2, 0.25) is 0 Å². The number of aliphatic carboxylic acids is 1. The van der Waals surface area contributed by atoms with Crippen LogP contribution >= 0.6 is 0 Å². The lowest BCUT2D eigenvalue weighted by atomic mass is 9.85. The minimum atomic E-state index is -4.60. The Hall–Kier alpha value is -3.28. The average molecular weight is 461 g/mol. The number of halogens is 3. The summed E-state index contributed by atoms with van der Waals surface area (Å²) in [5.41, 5.74) is -0.169. The molecule has 0 spiro atoms. The Balaban J connectivity index is 1.80. The Bertz CT molecular complexity index is 1110. The first-order valence-corrected chi connectivity index (χ1v) is 10.7. The Morgan fingerprint density at radius 2 is 2.09 bits per heavy atom. The van der Waals surface area contributed by atoms with E-state index in [1.54, 1.807) is 36.9 Å². The molecule has 0 fully saturated rings. The molecule has 0 bridgehead atoms. The van der Waals surface area contributed by atoms with Gasteiger partial charge in [0.2, 0.25) is 0 Å². The zero-order valence-electron chi connectivity index (χ0n) is 19.0. The molecule has 1 N–H and O–H groups in total. The van der Waals surface area contributed by atoms with E-state index < -0.39 is 28.7 Å². The van der Waals surface area contributed by atoms with Gasteiger partial charge in [-0.1, -0.05) is 6.08 Å². The number of carboxylic acid groups (broad SMARTS) is 1. The topological polar surface area (TPSA) is 82.2 Å². The van der Waals surface area contributed by atoms with E-state index in [9.17, 15) is 23.1 Å². The fraction of sp³-hybridized carbons (Fsp3) is 0.458. The molecule has 2 aromatic rings. The van der Waals surface area contributed by atoms with E-state index in [1.165, 1.54) is 6.07 Å². The van der Waals surface area contributed by atoms with Gasteiger partial charge in [-0.25, -0.2) is 4.98 Å². The van der Waals surface area contributed by atoms with Gasteiger partial charge in [0, 0.05) is 30.5 Å². The van der Waals surface area contributed by atoms with Crippen LogP contribution in [0.25, 0.3) is 5.57 Å². The van der Waals surface area contributed by atoms with Crippen LogP contribution < -0.4 is 4.90 Å². The number of nitrogens with zero attached hydrogens (tertiary/aromatic N) is 4. The second kappa shape index (κ2) is 8.93. The molecule has 0 saturated carbocycles. The van der Waals surface area contributed by atoms with Crippen molar-refractivity contribution >= 4 is 17.2 Å². The number of anilines is 1. The van der Waals surface area contributed by atoms with Crippen LogP contribution in [0.3, 0.4) is 0 Å². The molecular weight excluding hydrogens is 433 g/mol. The lowest BCUT2D eigenvalue weighted by Crippen LogP contribution is -2.33. The summed E-state index contributed by atoms with van der Waals surface area (Å²) >= 11 is 0. The molecule has 1 aromatic heterocycles.